The molecule has 0 amide bonds. The Morgan fingerprint density at radius 1 is 1.18 bits per heavy atom. The summed E-state index contributed by atoms with van der Waals surface area (Å²) in [5.74, 6) is 1.70. The monoisotopic (exact) mass is 476 g/mol. The molecule has 0 radical (unpaired) electrons. The van der Waals surface area contributed by atoms with E-state index >= 15 is 0 Å². The van der Waals surface area contributed by atoms with Crippen molar-refractivity contribution in [3.8, 4) is 5.75 Å². The highest BCUT2D eigenvalue weighted by atomic mass is 32.1. The number of hydrogen-bond acceptors (Lipinski definition) is 6. The zero-order valence-electron chi connectivity index (χ0n) is 18.7. The molecular formula is C24H27F3N4OS. The lowest BCUT2D eigenvalue weighted by molar-refractivity contribution is -0.126. The van der Waals surface area contributed by atoms with Gasteiger partial charge in [0.05, 0.1) is 18.9 Å². The Morgan fingerprint density at radius 2 is 1.97 bits per heavy atom. The molecule has 1 aromatic carbocycles. The van der Waals surface area contributed by atoms with Crippen molar-refractivity contribution < 1.29 is 17.9 Å². The van der Waals surface area contributed by atoms with Crippen molar-refractivity contribution in [1.29, 1.82) is 0 Å². The Kier molecular flexibility index (Phi) is 5.73. The number of nitrogens with zero attached hydrogens (tertiary/aromatic N) is 4. The largest absolute Gasteiger partial charge is 0.496 e. The van der Waals surface area contributed by atoms with Crippen LogP contribution in [-0.2, 0) is 12.8 Å². The Bertz CT molecular complexity index is 1140. The summed E-state index contributed by atoms with van der Waals surface area (Å²) in [7, 11) is 1.71. The molecule has 9 heteroatoms. The summed E-state index contributed by atoms with van der Waals surface area (Å²) in [6.07, 6.45) is -1.67. The molecule has 0 bridgehead atoms. The molecule has 33 heavy (non-hydrogen) atoms. The number of ether oxygens (including phenoxy) is 1. The number of fused-ring (bicyclic) bond motifs is 1. The fourth-order valence-electron chi connectivity index (χ4n) is 5.25. The van der Waals surface area contributed by atoms with Crippen molar-refractivity contribution in [1.82, 2.24) is 14.9 Å². The molecule has 2 fully saturated rings. The summed E-state index contributed by atoms with van der Waals surface area (Å²) in [6.45, 7) is 6.05. The van der Waals surface area contributed by atoms with Gasteiger partial charge in [0.1, 0.15) is 22.7 Å². The van der Waals surface area contributed by atoms with Gasteiger partial charge in [-0.2, -0.15) is 13.2 Å². The molecule has 2 aliphatic rings. The molecule has 4 heterocycles. The van der Waals surface area contributed by atoms with E-state index in [-0.39, 0.29) is 10.3 Å². The quantitative estimate of drug-likeness (QED) is 0.504. The van der Waals surface area contributed by atoms with Crippen molar-refractivity contribution in [2.45, 2.75) is 38.4 Å². The molecule has 2 aromatic heterocycles. The second-order valence-corrected chi connectivity index (χ2v) is 10.5. The summed E-state index contributed by atoms with van der Waals surface area (Å²) in [4.78, 5) is 14.3. The van der Waals surface area contributed by atoms with Crippen LogP contribution in [0.5, 0.6) is 5.75 Å². The number of halogens is 3. The lowest BCUT2D eigenvalue weighted by atomic mass is 9.77. The molecule has 5 rings (SSSR count). The molecular weight excluding hydrogens is 449 g/mol. The van der Waals surface area contributed by atoms with Crippen LogP contribution in [0.3, 0.4) is 0 Å². The van der Waals surface area contributed by atoms with Gasteiger partial charge in [-0.25, -0.2) is 9.97 Å². The summed E-state index contributed by atoms with van der Waals surface area (Å²) >= 11 is 1.11. The number of likely N-dealkylation sites (tertiary alicyclic amines) is 1. The van der Waals surface area contributed by atoms with Gasteiger partial charge >= 0.3 is 6.18 Å². The number of aromatic nitrogens is 2. The van der Waals surface area contributed by atoms with Gasteiger partial charge in [0.25, 0.3) is 0 Å². The van der Waals surface area contributed by atoms with Crippen molar-refractivity contribution >= 4 is 27.4 Å². The Balaban J connectivity index is 1.25. The van der Waals surface area contributed by atoms with E-state index in [1.807, 2.05) is 18.2 Å². The lowest BCUT2D eigenvalue weighted by Crippen LogP contribution is -2.60. The molecule has 0 N–H and O–H groups in total. The molecule has 2 saturated heterocycles. The van der Waals surface area contributed by atoms with Gasteiger partial charge in [0.15, 0.2) is 0 Å². The van der Waals surface area contributed by atoms with E-state index in [4.69, 9.17) is 4.74 Å². The number of hydrogen-bond donors (Lipinski definition) is 0. The van der Waals surface area contributed by atoms with E-state index in [1.165, 1.54) is 11.9 Å². The average molecular weight is 477 g/mol. The number of benzene rings is 1. The first-order valence-corrected chi connectivity index (χ1v) is 12.0. The van der Waals surface area contributed by atoms with E-state index in [2.05, 4.69) is 32.8 Å². The Hall–Kier alpha value is -2.39. The first-order chi connectivity index (χ1) is 15.8. The van der Waals surface area contributed by atoms with Crippen molar-refractivity contribution in [3.05, 3.63) is 47.1 Å². The number of anilines is 1. The van der Waals surface area contributed by atoms with E-state index in [0.717, 1.165) is 67.3 Å². The van der Waals surface area contributed by atoms with Crippen LogP contribution in [0.2, 0.25) is 0 Å². The lowest BCUT2D eigenvalue weighted by Gasteiger charge is -2.51. The smallest absolute Gasteiger partial charge is 0.393 e. The van der Waals surface area contributed by atoms with E-state index < -0.39 is 12.6 Å². The Labute approximate surface area is 195 Å². The second-order valence-electron chi connectivity index (χ2n) is 9.36. The molecule has 1 unspecified atom stereocenters. The minimum Gasteiger partial charge on any atom is -0.496 e. The fraction of sp³-hybridized carbons (Fsp3) is 0.500. The van der Waals surface area contributed by atoms with Crippen LogP contribution < -0.4 is 9.64 Å². The molecule has 2 aliphatic heterocycles. The van der Waals surface area contributed by atoms with Gasteiger partial charge in [-0.3, -0.25) is 4.90 Å². The Morgan fingerprint density at radius 3 is 2.73 bits per heavy atom. The van der Waals surface area contributed by atoms with Gasteiger partial charge in [-0.15, -0.1) is 11.3 Å². The first-order valence-electron chi connectivity index (χ1n) is 11.2. The normalized spacial score (nSPS) is 19.2. The highest BCUT2D eigenvalue weighted by molar-refractivity contribution is 7.18. The number of alkyl halides is 3. The van der Waals surface area contributed by atoms with Crippen molar-refractivity contribution in [2.24, 2.45) is 5.41 Å². The average Bonchev–Trinajstić information content (AvgIpc) is 3.35. The minimum atomic E-state index is -4.22. The number of rotatable bonds is 6. The van der Waals surface area contributed by atoms with Crippen LogP contribution in [0.1, 0.15) is 23.8 Å². The van der Waals surface area contributed by atoms with Crippen LogP contribution in [-0.4, -0.2) is 60.4 Å². The third-order valence-corrected chi connectivity index (χ3v) is 7.92. The number of para-hydroxylation sites is 1. The topological polar surface area (TPSA) is 41.5 Å². The van der Waals surface area contributed by atoms with Crippen LogP contribution in [0.4, 0.5) is 19.0 Å². The molecule has 176 valence electrons. The maximum Gasteiger partial charge on any atom is 0.393 e. The predicted octanol–water partition coefficient (Wildman–Crippen LogP) is 4.95. The minimum absolute atomic E-state index is 0.219. The molecule has 1 atom stereocenters. The van der Waals surface area contributed by atoms with Crippen LogP contribution in [0, 0.1) is 5.41 Å². The van der Waals surface area contributed by atoms with Crippen molar-refractivity contribution in [3.63, 3.8) is 0 Å². The van der Waals surface area contributed by atoms with Gasteiger partial charge in [-0.1, -0.05) is 18.2 Å². The maximum atomic E-state index is 12.9. The zero-order chi connectivity index (χ0) is 23.2. The molecule has 0 aliphatic carbocycles. The number of thiophene rings is 1. The molecule has 0 saturated carbocycles. The van der Waals surface area contributed by atoms with Gasteiger partial charge in [0.2, 0.25) is 0 Å². The standard InChI is InChI=1S/C24H27F3N4OS/c1-16(9-17-5-3-4-6-20(17)32-2)31-13-23(14-31)7-8-30(12-23)21-19-10-18(11-24(25,26)27)33-22(19)29-15-28-21/h3-6,10,15-16H,7-9,11-14H2,1-2H3. The fourth-order valence-corrected chi connectivity index (χ4v) is 6.27. The number of methoxy groups -OCH3 is 1. The van der Waals surface area contributed by atoms with Crippen LogP contribution in [0.25, 0.3) is 10.2 Å². The van der Waals surface area contributed by atoms with E-state index in [1.54, 1.807) is 13.2 Å². The summed E-state index contributed by atoms with van der Waals surface area (Å²) in [5, 5.41) is 0.736. The molecule has 1 spiro atoms. The third-order valence-electron chi connectivity index (χ3n) is 6.88. The SMILES string of the molecule is COc1ccccc1CC(C)N1CC2(CCN(c3ncnc4sc(CC(F)(F)F)cc34)C2)C1. The molecule has 5 nitrogen and oxygen atoms in total. The highest BCUT2D eigenvalue weighted by Gasteiger charge is 2.49. The third kappa shape index (κ3) is 4.53. The van der Waals surface area contributed by atoms with Gasteiger partial charge in [-0.05, 0) is 37.5 Å². The summed E-state index contributed by atoms with van der Waals surface area (Å²) in [5.41, 5.74) is 1.44. The molecule has 3 aromatic rings. The van der Waals surface area contributed by atoms with Crippen LogP contribution >= 0.6 is 11.3 Å². The maximum absolute atomic E-state index is 12.9. The van der Waals surface area contributed by atoms with E-state index in [0.29, 0.717) is 10.9 Å². The van der Waals surface area contributed by atoms with Gasteiger partial charge in [0, 0.05) is 42.5 Å². The predicted molar refractivity (Wildman–Crippen MR) is 124 cm³/mol. The summed E-state index contributed by atoms with van der Waals surface area (Å²) in [6, 6.07) is 10.2. The van der Waals surface area contributed by atoms with Crippen LogP contribution in [0.15, 0.2) is 36.7 Å². The van der Waals surface area contributed by atoms with Crippen molar-refractivity contribution in [2.75, 3.05) is 38.2 Å². The first kappa shape index (κ1) is 22.4. The second kappa shape index (κ2) is 8.43. The van der Waals surface area contributed by atoms with Gasteiger partial charge < -0.3 is 9.64 Å². The zero-order valence-corrected chi connectivity index (χ0v) is 19.5. The highest BCUT2D eigenvalue weighted by Crippen LogP contribution is 2.44. The summed E-state index contributed by atoms with van der Waals surface area (Å²) < 4.78 is 44.1. The van der Waals surface area contributed by atoms with E-state index in [9.17, 15) is 13.2 Å².